The van der Waals surface area contributed by atoms with Gasteiger partial charge in [-0.2, -0.15) is 0 Å². The van der Waals surface area contributed by atoms with Crippen LogP contribution in [0.2, 0.25) is 0 Å². The SMILES string of the molecule is CSc1ncc(Br)c(N2CCC(CC(=O)NCC(F)F)CC2)n1. The van der Waals surface area contributed by atoms with E-state index in [0.717, 1.165) is 41.4 Å². The summed E-state index contributed by atoms with van der Waals surface area (Å²) >= 11 is 4.96. The van der Waals surface area contributed by atoms with Crippen LogP contribution < -0.4 is 10.2 Å². The fourth-order valence-electron chi connectivity index (χ4n) is 2.54. The number of amides is 1. The van der Waals surface area contributed by atoms with Gasteiger partial charge in [-0.05, 0) is 40.9 Å². The molecule has 1 aliphatic rings. The van der Waals surface area contributed by atoms with Crippen LogP contribution in [-0.2, 0) is 4.79 Å². The van der Waals surface area contributed by atoms with Gasteiger partial charge < -0.3 is 10.2 Å². The molecule has 2 heterocycles. The Balaban J connectivity index is 1.85. The first-order valence-corrected chi connectivity index (χ1v) is 9.37. The molecule has 0 aliphatic carbocycles. The van der Waals surface area contributed by atoms with E-state index in [4.69, 9.17) is 0 Å². The van der Waals surface area contributed by atoms with E-state index in [2.05, 4.69) is 36.1 Å². The van der Waals surface area contributed by atoms with Gasteiger partial charge in [0.15, 0.2) is 5.16 Å². The van der Waals surface area contributed by atoms with Gasteiger partial charge in [0.05, 0.1) is 11.0 Å². The summed E-state index contributed by atoms with van der Waals surface area (Å²) in [5.74, 6) is 0.797. The van der Waals surface area contributed by atoms with Crippen molar-refractivity contribution in [2.45, 2.75) is 30.8 Å². The minimum atomic E-state index is -2.50. The van der Waals surface area contributed by atoms with Crippen molar-refractivity contribution in [2.75, 3.05) is 30.8 Å². The third-order valence-electron chi connectivity index (χ3n) is 3.73. The smallest absolute Gasteiger partial charge is 0.255 e. The Labute approximate surface area is 146 Å². The number of rotatable bonds is 6. The molecule has 0 unspecified atom stereocenters. The van der Waals surface area contributed by atoms with Crippen LogP contribution in [0.4, 0.5) is 14.6 Å². The topological polar surface area (TPSA) is 58.1 Å². The first-order chi connectivity index (χ1) is 11.0. The number of thioether (sulfide) groups is 1. The van der Waals surface area contributed by atoms with E-state index >= 15 is 0 Å². The fourth-order valence-corrected chi connectivity index (χ4v) is 3.31. The normalized spacial score (nSPS) is 16.0. The van der Waals surface area contributed by atoms with Crippen molar-refractivity contribution in [1.82, 2.24) is 15.3 Å². The molecule has 1 fully saturated rings. The molecule has 5 nitrogen and oxygen atoms in total. The summed E-state index contributed by atoms with van der Waals surface area (Å²) in [6, 6.07) is 0. The first kappa shape index (κ1) is 18.4. The molecule has 0 bridgehead atoms. The van der Waals surface area contributed by atoms with E-state index in [1.165, 1.54) is 11.8 Å². The summed E-state index contributed by atoms with van der Waals surface area (Å²) in [5, 5.41) is 2.98. The standard InChI is InChI=1S/C14H19BrF2N4OS/c1-23-14-19-7-10(15)13(20-14)21-4-2-9(3-5-21)6-12(22)18-8-11(16)17/h7,9,11H,2-6,8H2,1H3,(H,18,22). The van der Waals surface area contributed by atoms with Gasteiger partial charge in [0, 0.05) is 25.7 Å². The van der Waals surface area contributed by atoms with Crippen molar-refractivity contribution >= 4 is 39.4 Å². The lowest BCUT2D eigenvalue weighted by Crippen LogP contribution is -2.37. The third-order valence-corrected chi connectivity index (χ3v) is 4.85. The van der Waals surface area contributed by atoms with E-state index in [1.807, 2.05) is 6.26 Å². The first-order valence-electron chi connectivity index (χ1n) is 7.36. The molecule has 0 spiro atoms. The molecule has 1 saturated heterocycles. The van der Waals surface area contributed by atoms with Crippen molar-refractivity contribution < 1.29 is 13.6 Å². The van der Waals surface area contributed by atoms with Gasteiger partial charge in [-0.1, -0.05) is 11.8 Å². The van der Waals surface area contributed by atoms with Crippen molar-refractivity contribution in [2.24, 2.45) is 5.92 Å². The van der Waals surface area contributed by atoms with Gasteiger partial charge in [-0.25, -0.2) is 18.7 Å². The van der Waals surface area contributed by atoms with Crippen LogP contribution in [0.1, 0.15) is 19.3 Å². The Kier molecular flexibility index (Phi) is 7.01. The van der Waals surface area contributed by atoms with Gasteiger partial charge in [0.25, 0.3) is 6.43 Å². The molecule has 0 saturated carbocycles. The highest BCUT2D eigenvalue weighted by atomic mass is 79.9. The van der Waals surface area contributed by atoms with Gasteiger partial charge in [-0.15, -0.1) is 0 Å². The zero-order chi connectivity index (χ0) is 16.8. The highest BCUT2D eigenvalue weighted by Gasteiger charge is 2.24. The molecule has 0 aromatic carbocycles. The Hall–Kier alpha value is -0.960. The number of carbonyl (C=O) groups excluding carboxylic acids is 1. The monoisotopic (exact) mass is 408 g/mol. The number of halogens is 3. The molecule has 1 amide bonds. The number of piperidine rings is 1. The van der Waals surface area contributed by atoms with Crippen molar-refractivity contribution in [3.63, 3.8) is 0 Å². The van der Waals surface area contributed by atoms with Crippen molar-refractivity contribution in [3.05, 3.63) is 10.7 Å². The van der Waals surface area contributed by atoms with Crippen LogP contribution in [0.25, 0.3) is 0 Å². The van der Waals surface area contributed by atoms with Crippen LogP contribution in [0.15, 0.2) is 15.8 Å². The predicted molar refractivity (Wildman–Crippen MR) is 90.1 cm³/mol. The van der Waals surface area contributed by atoms with E-state index in [9.17, 15) is 13.6 Å². The highest BCUT2D eigenvalue weighted by molar-refractivity contribution is 9.10. The summed E-state index contributed by atoms with van der Waals surface area (Å²) in [6.45, 7) is 1.01. The number of carbonyl (C=O) groups is 1. The molecule has 0 atom stereocenters. The minimum absolute atomic E-state index is 0.226. The zero-order valence-electron chi connectivity index (χ0n) is 12.8. The second-order valence-corrected chi connectivity index (χ2v) is 6.99. The molecule has 9 heteroatoms. The highest BCUT2D eigenvalue weighted by Crippen LogP contribution is 2.30. The van der Waals surface area contributed by atoms with Crippen molar-refractivity contribution in [3.8, 4) is 0 Å². The van der Waals surface area contributed by atoms with Crippen molar-refractivity contribution in [1.29, 1.82) is 0 Å². The molecule has 1 aliphatic heterocycles. The number of aromatic nitrogens is 2. The summed E-state index contributed by atoms with van der Waals surface area (Å²) < 4.78 is 25.0. The molecule has 0 radical (unpaired) electrons. The average Bonchev–Trinajstić information content (AvgIpc) is 2.54. The third kappa shape index (κ3) is 5.56. The number of hydrogen-bond acceptors (Lipinski definition) is 5. The maximum Gasteiger partial charge on any atom is 0.255 e. The molecule has 23 heavy (non-hydrogen) atoms. The van der Waals surface area contributed by atoms with Crippen LogP contribution in [0.5, 0.6) is 0 Å². The predicted octanol–water partition coefficient (Wildman–Crippen LogP) is 2.95. The zero-order valence-corrected chi connectivity index (χ0v) is 15.2. The molecule has 1 aromatic rings. The minimum Gasteiger partial charge on any atom is -0.356 e. The second-order valence-electron chi connectivity index (χ2n) is 5.36. The van der Waals surface area contributed by atoms with Gasteiger partial charge in [0.1, 0.15) is 5.82 Å². The molecular formula is C14H19BrF2N4OS. The second kappa shape index (κ2) is 8.77. The summed E-state index contributed by atoms with van der Waals surface area (Å²) in [7, 11) is 0. The lowest BCUT2D eigenvalue weighted by Gasteiger charge is -2.33. The van der Waals surface area contributed by atoms with Gasteiger partial charge in [0.2, 0.25) is 5.91 Å². The molecular weight excluding hydrogens is 390 g/mol. The molecule has 2 rings (SSSR count). The van der Waals surface area contributed by atoms with Crippen LogP contribution in [0, 0.1) is 5.92 Å². The fraction of sp³-hybridized carbons (Fsp3) is 0.643. The van der Waals surface area contributed by atoms with Crippen LogP contribution in [-0.4, -0.2) is 48.2 Å². The maximum atomic E-state index is 12.1. The number of alkyl halides is 2. The Morgan fingerprint density at radius 2 is 2.22 bits per heavy atom. The Morgan fingerprint density at radius 3 is 2.83 bits per heavy atom. The maximum absolute atomic E-state index is 12.1. The van der Waals surface area contributed by atoms with Crippen LogP contribution in [0.3, 0.4) is 0 Å². The summed E-state index contributed by atoms with van der Waals surface area (Å²) in [4.78, 5) is 22.5. The largest absolute Gasteiger partial charge is 0.356 e. The quantitative estimate of drug-likeness (QED) is 0.579. The summed E-state index contributed by atoms with van der Waals surface area (Å²) in [6.07, 6.45) is 3.17. The number of nitrogens with zero attached hydrogens (tertiary/aromatic N) is 3. The molecule has 1 N–H and O–H groups in total. The molecule has 1 aromatic heterocycles. The molecule has 128 valence electrons. The number of hydrogen-bond donors (Lipinski definition) is 1. The Morgan fingerprint density at radius 1 is 1.52 bits per heavy atom. The lowest BCUT2D eigenvalue weighted by molar-refractivity contribution is -0.122. The number of anilines is 1. The van der Waals surface area contributed by atoms with Crippen LogP contribution >= 0.6 is 27.7 Å². The van der Waals surface area contributed by atoms with E-state index in [-0.39, 0.29) is 11.8 Å². The van der Waals surface area contributed by atoms with E-state index in [1.54, 1.807) is 6.20 Å². The van der Waals surface area contributed by atoms with E-state index in [0.29, 0.717) is 6.42 Å². The lowest BCUT2D eigenvalue weighted by atomic mass is 9.93. The average molecular weight is 409 g/mol. The summed E-state index contributed by atoms with van der Waals surface area (Å²) in [5.41, 5.74) is 0. The van der Waals surface area contributed by atoms with E-state index < -0.39 is 13.0 Å². The Bertz CT molecular complexity index is 542. The van der Waals surface area contributed by atoms with Gasteiger partial charge in [-0.3, -0.25) is 4.79 Å². The van der Waals surface area contributed by atoms with Gasteiger partial charge >= 0.3 is 0 Å². The number of nitrogens with one attached hydrogen (secondary N) is 1.